The van der Waals surface area contributed by atoms with E-state index in [-0.39, 0.29) is 6.03 Å². The third kappa shape index (κ3) is 3.61. The number of morpholine rings is 1. The second-order valence-corrected chi connectivity index (χ2v) is 7.44. The summed E-state index contributed by atoms with van der Waals surface area (Å²) < 4.78 is 10.6. The molecule has 8 heteroatoms. The molecule has 2 aromatic rings. The highest BCUT2D eigenvalue weighted by atomic mass is 32.1. The second-order valence-electron chi connectivity index (χ2n) is 7.07. The molecule has 7 nitrogen and oxygen atoms in total. The lowest BCUT2D eigenvalue weighted by molar-refractivity contribution is 0.0359. The van der Waals surface area contributed by atoms with Gasteiger partial charge in [-0.2, -0.15) is 0 Å². The first-order valence-corrected chi connectivity index (χ1v) is 10.1. The summed E-state index contributed by atoms with van der Waals surface area (Å²) in [5, 5.41) is 0. The fraction of sp³-hybridized carbons (Fsp3) is 0.579. The van der Waals surface area contributed by atoms with Crippen LogP contribution in [0.3, 0.4) is 0 Å². The number of carbonyl (C=O) groups excluding carboxylic acids is 1. The summed E-state index contributed by atoms with van der Waals surface area (Å²) >= 11 is 5.73. The molecule has 1 aromatic carbocycles. The van der Waals surface area contributed by atoms with Gasteiger partial charge in [0.25, 0.3) is 0 Å². The van der Waals surface area contributed by atoms with Crippen LogP contribution in [0.1, 0.15) is 6.92 Å². The van der Waals surface area contributed by atoms with Crippen LogP contribution >= 0.6 is 12.2 Å². The van der Waals surface area contributed by atoms with Crippen molar-refractivity contribution in [3.05, 3.63) is 29.0 Å². The van der Waals surface area contributed by atoms with E-state index < -0.39 is 0 Å². The van der Waals surface area contributed by atoms with E-state index in [1.165, 1.54) is 11.0 Å². The minimum absolute atomic E-state index is 0.150. The molecule has 0 spiro atoms. The first-order valence-electron chi connectivity index (χ1n) is 9.71. The summed E-state index contributed by atoms with van der Waals surface area (Å²) in [5.74, 6) is 0. The van der Waals surface area contributed by atoms with Crippen molar-refractivity contribution in [1.82, 2.24) is 23.8 Å². The number of rotatable bonds is 3. The molecule has 27 heavy (non-hydrogen) atoms. The molecule has 0 radical (unpaired) electrons. The first-order chi connectivity index (χ1) is 13.2. The molecular formula is C19H27N5O2S. The third-order valence-corrected chi connectivity index (χ3v) is 5.95. The van der Waals surface area contributed by atoms with Crippen LogP contribution in [0.5, 0.6) is 0 Å². The van der Waals surface area contributed by atoms with E-state index in [1.807, 2.05) is 9.80 Å². The number of amides is 2. The quantitative estimate of drug-likeness (QED) is 0.756. The van der Waals surface area contributed by atoms with Gasteiger partial charge in [0, 0.05) is 45.8 Å². The van der Waals surface area contributed by atoms with Gasteiger partial charge in [0.2, 0.25) is 0 Å². The number of urea groups is 1. The Morgan fingerprint density at radius 3 is 2.19 bits per heavy atom. The molecule has 1 aromatic heterocycles. The molecule has 0 unspecified atom stereocenters. The molecule has 3 heterocycles. The molecule has 2 aliphatic heterocycles. The Morgan fingerprint density at radius 2 is 1.56 bits per heavy atom. The number of imidazole rings is 1. The third-order valence-electron chi connectivity index (χ3n) is 5.51. The predicted octanol–water partition coefficient (Wildman–Crippen LogP) is 2.22. The van der Waals surface area contributed by atoms with Crippen LogP contribution in [0.15, 0.2) is 24.3 Å². The summed E-state index contributed by atoms with van der Waals surface area (Å²) in [6.45, 7) is 9.70. The Morgan fingerprint density at radius 1 is 0.963 bits per heavy atom. The fourth-order valence-electron chi connectivity index (χ4n) is 3.95. The van der Waals surface area contributed by atoms with Crippen LogP contribution in [-0.4, -0.2) is 82.3 Å². The second kappa shape index (κ2) is 8.00. The lowest BCUT2D eigenvalue weighted by Crippen LogP contribution is -2.54. The molecule has 2 amide bonds. The zero-order valence-corrected chi connectivity index (χ0v) is 16.7. The van der Waals surface area contributed by atoms with Crippen molar-refractivity contribution in [2.75, 3.05) is 52.5 Å². The number of fused-ring (bicyclic) bond motifs is 1. The Bertz CT molecular complexity index is 863. The number of ether oxygens (including phenoxy) is 1. The number of benzene rings is 1. The van der Waals surface area contributed by atoms with Gasteiger partial charge in [-0.3, -0.25) is 4.90 Å². The van der Waals surface area contributed by atoms with Crippen molar-refractivity contribution in [1.29, 1.82) is 0 Å². The van der Waals surface area contributed by atoms with Gasteiger partial charge in [-0.25, -0.2) is 4.79 Å². The number of nitrogens with zero attached hydrogens (tertiary/aromatic N) is 5. The number of aryl methyl sites for hydroxylation is 1. The first kappa shape index (κ1) is 18.5. The van der Waals surface area contributed by atoms with Gasteiger partial charge in [-0.1, -0.05) is 12.1 Å². The van der Waals surface area contributed by atoms with Crippen molar-refractivity contribution in [3.8, 4) is 0 Å². The molecule has 4 rings (SSSR count). The largest absolute Gasteiger partial charge is 0.378 e. The molecule has 2 fully saturated rings. The number of hydrogen-bond acceptors (Lipinski definition) is 4. The molecule has 0 bridgehead atoms. The van der Waals surface area contributed by atoms with Crippen molar-refractivity contribution in [2.24, 2.45) is 0 Å². The van der Waals surface area contributed by atoms with Crippen LogP contribution < -0.4 is 0 Å². The van der Waals surface area contributed by atoms with E-state index >= 15 is 0 Å². The normalized spacial score (nSPS) is 19.0. The van der Waals surface area contributed by atoms with Crippen LogP contribution in [0.25, 0.3) is 11.0 Å². The Hall–Kier alpha value is -1.90. The van der Waals surface area contributed by atoms with Crippen molar-refractivity contribution in [2.45, 2.75) is 20.1 Å². The summed E-state index contributed by atoms with van der Waals surface area (Å²) in [6.07, 6.45) is 0. The standard InChI is InChI=1S/C19H27N5O2S/c1-2-23-16-5-3-4-6-17(16)24(19(23)27)15-20-7-9-21(10-8-20)18(25)22-11-13-26-14-12-22/h3-6H,2,7-15H2,1H3. The van der Waals surface area contributed by atoms with Crippen molar-refractivity contribution >= 4 is 29.3 Å². The smallest absolute Gasteiger partial charge is 0.320 e. The lowest BCUT2D eigenvalue weighted by Gasteiger charge is -2.38. The van der Waals surface area contributed by atoms with Crippen LogP contribution in [0.2, 0.25) is 0 Å². The van der Waals surface area contributed by atoms with Crippen molar-refractivity contribution < 1.29 is 9.53 Å². The lowest BCUT2D eigenvalue weighted by atomic mass is 10.3. The number of hydrogen-bond donors (Lipinski definition) is 0. The number of aromatic nitrogens is 2. The van der Waals surface area contributed by atoms with Crippen LogP contribution in [0, 0.1) is 4.77 Å². The summed E-state index contributed by atoms with van der Waals surface area (Å²) in [4.78, 5) is 18.9. The maximum Gasteiger partial charge on any atom is 0.320 e. The van der Waals surface area contributed by atoms with Gasteiger partial charge in [0.1, 0.15) is 0 Å². The molecular weight excluding hydrogens is 362 g/mol. The zero-order chi connectivity index (χ0) is 18.8. The summed E-state index contributed by atoms with van der Waals surface area (Å²) in [5.41, 5.74) is 2.36. The van der Waals surface area contributed by atoms with Crippen molar-refractivity contribution in [3.63, 3.8) is 0 Å². The van der Waals surface area contributed by atoms with E-state index in [9.17, 15) is 4.79 Å². The molecule has 0 atom stereocenters. The summed E-state index contributed by atoms with van der Waals surface area (Å²) in [6, 6.07) is 8.53. The Labute approximate surface area is 164 Å². The maximum absolute atomic E-state index is 12.6. The van der Waals surface area contributed by atoms with Crippen LogP contribution in [-0.2, 0) is 18.0 Å². The highest BCUT2D eigenvalue weighted by Gasteiger charge is 2.26. The van der Waals surface area contributed by atoms with Gasteiger partial charge in [0.05, 0.1) is 30.9 Å². The van der Waals surface area contributed by atoms with E-state index in [4.69, 9.17) is 17.0 Å². The molecule has 2 saturated heterocycles. The van der Waals surface area contributed by atoms with Crippen LogP contribution in [0.4, 0.5) is 4.79 Å². The SMILES string of the molecule is CCn1c(=S)n(CN2CCN(C(=O)N3CCOCC3)CC2)c2ccccc21. The van der Waals surface area contributed by atoms with Gasteiger partial charge in [-0.05, 0) is 31.3 Å². The minimum Gasteiger partial charge on any atom is -0.378 e. The molecule has 146 valence electrons. The number of carbonyl (C=O) groups is 1. The van der Waals surface area contributed by atoms with E-state index in [0.29, 0.717) is 26.3 Å². The molecule has 0 N–H and O–H groups in total. The average molecular weight is 390 g/mol. The Balaban J connectivity index is 1.43. The molecule has 0 saturated carbocycles. The van der Waals surface area contributed by atoms with E-state index in [2.05, 4.69) is 45.2 Å². The molecule has 2 aliphatic rings. The topological polar surface area (TPSA) is 45.9 Å². The highest BCUT2D eigenvalue weighted by Crippen LogP contribution is 2.19. The van der Waals surface area contributed by atoms with Gasteiger partial charge in [0.15, 0.2) is 4.77 Å². The van der Waals surface area contributed by atoms with Gasteiger partial charge >= 0.3 is 6.03 Å². The average Bonchev–Trinajstić information content (AvgIpc) is 2.99. The number of para-hydroxylation sites is 2. The minimum atomic E-state index is 0.150. The monoisotopic (exact) mass is 389 g/mol. The predicted molar refractivity (Wildman–Crippen MR) is 107 cm³/mol. The zero-order valence-electron chi connectivity index (χ0n) is 15.8. The van der Waals surface area contributed by atoms with E-state index in [1.54, 1.807) is 0 Å². The van der Waals surface area contributed by atoms with Gasteiger partial charge in [-0.15, -0.1) is 0 Å². The van der Waals surface area contributed by atoms with Gasteiger partial charge < -0.3 is 23.7 Å². The Kier molecular flexibility index (Phi) is 5.47. The summed E-state index contributed by atoms with van der Waals surface area (Å²) in [7, 11) is 0. The maximum atomic E-state index is 12.6. The molecule has 0 aliphatic carbocycles. The highest BCUT2D eigenvalue weighted by molar-refractivity contribution is 7.71. The number of piperazine rings is 1. The fourth-order valence-corrected chi connectivity index (χ4v) is 4.33. The van der Waals surface area contributed by atoms with E-state index in [0.717, 1.165) is 44.2 Å².